The van der Waals surface area contributed by atoms with Crippen LogP contribution in [0.3, 0.4) is 0 Å². The number of hydrogen-bond donors (Lipinski definition) is 1. The molecule has 1 unspecified atom stereocenters. The normalized spacial score (nSPS) is 12.2. The van der Waals surface area contributed by atoms with Gasteiger partial charge in [0.1, 0.15) is 0 Å². The lowest BCUT2D eigenvalue weighted by molar-refractivity contribution is -0.119. The standard InChI is InChI=1S/C19H21Cl2N5O/c1-12(9-26-14(3)18(21)13(2)24-26)19(27)23-17-6-4-5-15(7-17)10-25-11-16(20)8-22-25/h4-8,11-12H,9-10H2,1-3H3,(H,23,27). The number of nitrogens with zero attached hydrogens (tertiary/aromatic N) is 4. The van der Waals surface area contributed by atoms with Crippen molar-refractivity contribution in [2.75, 3.05) is 5.32 Å². The number of carbonyl (C=O) groups excluding carboxylic acids is 1. The topological polar surface area (TPSA) is 64.7 Å². The van der Waals surface area contributed by atoms with Gasteiger partial charge in [-0.3, -0.25) is 14.2 Å². The molecule has 3 rings (SSSR count). The van der Waals surface area contributed by atoms with Crippen LogP contribution in [-0.4, -0.2) is 25.5 Å². The highest BCUT2D eigenvalue weighted by Crippen LogP contribution is 2.20. The summed E-state index contributed by atoms with van der Waals surface area (Å²) in [7, 11) is 0. The lowest BCUT2D eigenvalue weighted by atomic mass is 10.1. The van der Waals surface area contributed by atoms with Crippen LogP contribution >= 0.6 is 23.2 Å². The minimum Gasteiger partial charge on any atom is -0.326 e. The number of nitrogens with one attached hydrogen (secondary N) is 1. The van der Waals surface area contributed by atoms with Gasteiger partial charge in [0, 0.05) is 11.9 Å². The number of benzene rings is 1. The second-order valence-electron chi connectivity index (χ2n) is 6.61. The zero-order valence-electron chi connectivity index (χ0n) is 15.4. The van der Waals surface area contributed by atoms with Crippen molar-refractivity contribution in [3.63, 3.8) is 0 Å². The fourth-order valence-corrected chi connectivity index (χ4v) is 3.11. The largest absolute Gasteiger partial charge is 0.326 e. The summed E-state index contributed by atoms with van der Waals surface area (Å²) in [4.78, 5) is 12.6. The van der Waals surface area contributed by atoms with Gasteiger partial charge in [0.05, 0.1) is 46.6 Å². The van der Waals surface area contributed by atoms with E-state index >= 15 is 0 Å². The summed E-state index contributed by atoms with van der Waals surface area (Å²) >= 11 is 12.1. The maximum absolute atomic E-state index is 12.6. The maximum Gasteiger partial charge on any atom is 0.229 e. The molecule has 3 aromatic rings. The van der Waals surface area contributed by atoms with Gasteiger partial charge in [-0.25, -0.2) is 0 Å². The summed E-state index contributed by atoms with van der Waals surface area (Å²) in [6, 6.07) is 7.68. The molecule has 0 aliphatic carbocycles. The molecule has 0 aliphatic rings. The molecule has 1 aromatic carbocycles. The molecular weight excluding hydrogens is 385 g/mol. The Morgan fingerprint density at radius 2 is 2.07 bits per heavy atom. The SMILES string of the molecule is Cc1nn(CC(C)C(=O)Nc2cccc(Cn3cc(Cl)cn3)c2)c(C)c1Cl. The van der Waals surface area contributed by atoms with Crippen LogP contribution in [0.5, 0.6) is 0 Å². The van der Waals surface area contributed by atoms with Crippen molar-refractivity contribution in [1.29, 1.82) is 0 Å². The minimum atomic E-state index is -0.257. The van der Waals surface area contributed by atoms with Crippen LogP contribution in [0.15, 0.2) is 36.7 Å². The van der Waals surface area contributed by atoms with Crippen molar-refractivity contribution in [2.45, 2.75) is 33.9 Å². The predicted octanol–water partition coefficient (Wildman–Crippen LogP) is 4.33. The van der Waals surface area contributed by atoms with Crippen LogP contribution in [0.2, 0.25) is 10.0 Å². The third-order valence-electron chi connectivity index (χ3n) is 4.33. The Morgan fingerprint density at radius 1 is 1.30 bits per heavy atom. The van der Waals surface area contributed by atoms with E-state index < -0.39 is 0 Å². The van der Waals surface area contributed by atoms with Crippen molar-refractivity contribution in [1.82, 2.24) is 19.6 Å². The lowest BCUT2D eigenvalue weighted by Crippen LogP contribution is -2.25. The van der Waals surface area contributed by atoms with Gasteiger partial charge in [-0.05, 0) is 31.5 Å². The van der Waals surface area contributed by atoms with E-state index in [1.165, 1.54) is 0 Å². The first-order valence-electron chi connectivity index (χ1n) is 8.60. The molecule has 0 spiro atoms. The monoisotopic (exact) mass is 405 g/mol. The summed E-state index contributed by atoms with van der Waals surface area (Å²) in [5.41, 5.74) is 3.40. The Kier molecular flexibility index (Phi) is 5.87. The highest BCUT2D eigenvalue weighted by atomic mass is 35.5. The fourth-order valence-electron chi connectivity index (χ4n) is 2.82. The first kappa shape index (κ1) is 19.5. The second-order valence-corrected chi connectivity index (χ2v) is 7.43. The average molecular weight is 406 g/mol. The number of aromatic nitrogens is 4. The highest BCUT2D eigenvalue weighted by molar-refractivity contribution is 6.31. The Balaban J connectivity index is 1.64. The van der Waals surface area contributed by atoms with Crippen LogP contribution < -0.4 is 5.32 Å². The summed E-state index contributed by atoms with van der Waals surface area (Å²) in [6.45, 7) is 6.68. The maximum atomic E-state index is 12.6. The van der Waals surface area contributed by atoms with Gasteiger partial charge < -0.3 is 5.32 Å². The third-order valence-corrected chi connectivity index (χ3v) is 5.07. The molecule has 0 saturated carbocycles. The predicted molar refractivity (Wildman–Crippen MR) is 107 cm³/mol. The van der Waals surface area contributed by atoms with E-state index in [1.54, 1.807) is 21.8 Å². The van der Waals surface area contributed by atoms with Gasteiger partial charge in [0.25, 0.3) is 0 Å². The molecule has 0 bridgehead atoms. The molecule has 0 radical (unpaired) electrons. The number of amides is 1. The van der Waals surface area contributed by atoms with Gasteiger partial charge in [-0.1, -0.05) is 42.3 Å². The van der Waals surface area contributed by atoms with Crippen LogP contribution in [0.4, 0.5) is 5.69 Å². The molecule has 2 heterocycles. The van der Waals surface area contributed by atoms with Crippen molar-refractivity contribution in [3.8, 4) is 0 Å². The summed E-state index contributed by atoms with van der Waals surface area (Å²) in [6.07, 6.45) is 3.36. The molecule has 1 amide bonds. The van der Waals surface area contributed by atoms with Gasteiger partial charge in [0.2, 0.25) is 5.91 Å². The molecule has 6 nitrogen and oxygen atoms in total. The fraction of sp³-hybridized carbons (Fsp3) is 0.316. The Bertz CT molecular complexity index is 963. The summed E-state index contributed by atoms with van der Waals surface area (Å²) < 4.78 is 3.53. The van der Waals surface area contributed by atoms with E-state index in [1.807, 2.05) is 45.0 Å². The molecule has 1 atom stereocenters. The number of halogens is 2. The summed E-state index contributed by atoms with van der Waals surface area (Å²) in [5, 5.41) is 12.8. The van der Waals surface area contributed by atoms with Gasteiger partial charge >= 0.3 is 0 Å². The highest BCUT2D eigenvalue weighted by Gasteiger charge is 2.17. The van der Waals surface area contributed by atoms with Crippen molar-refractivity contribution >= 4 is 34.8 Å². The van der Waals surface area contributed by atoms with E-state index in [9.17, 15) is 4.79 Å². The molecule has 2 aromatic heterocycles. The lowest BCUT2D eigenvalue weighted by Gasteiger charge is -2.14. The first-order valence-corrected chi connectivity index (χ1v) is 9.36. The number of hydrogen-bond acceptors (Lipinski definition) is 3. The van der Waals surface area contributed by atoms with Crippen LogP contribution in [0, 0.1) is 19.8 Å². The molecule has 142 valence electrons. The van der Waals surface area contributed by atoms with E-state index in [-0.39, 0.29) is 11.8 Å². The minimum absolute atomic E-state index is 0.0713. The van der Waals surface area contributed by atoms with E-state index in [0.29, 0.717) is 23.1 Å². The van der Waals surface area contributed by atoms with E-state index in [4.69, 9.17) is 23.2 Å². The Labute approximate surface area is 168 Å². The Hall–Kier alpha value is -2.31. The van der Waals surface area contributed by atoms with Crippen molar-refractivity contribution in [3.05, 3.63) is 63.7 Å². The van der Waals surface area contributed by atoms with E-state index in [0.717, 1.165) is 22.6 Å². The number of rotatable bonds is 6. The van der Waals surface area contributed by atoms with Gasteiger partial charge in [-0.2, -0.15) is 10.2 Å². The molecule has 8 heteroatoms. The quantitative estimate of drug-likeness (QED) is 0.663. The van der Waals surface area contributed by atoms with E-state index in [2.05, 4.69) is 15.5 Å². The molecular formula is C19H21Cl2N5O. The number of aryl methyl sites for hydroxylation is 1. The number of anilines is 1. The smallest absolute Gasteiger partial charge is 0.229 e. The average Bonchev–Trinajstić information content (AvgIpc) is 3.13. The second kappa shape index (κ2) is 8.15. The molecule has 0 saturated heterocycles. The van der Waals surface area contributed by atoms with Crippen molar-refractivity contribution in [2.24, 2.45) is 5.92 Å². The first-order chi connectivity index (χ1) is 12.8. The molecule has 0 aliphatic heterocycles. The summed E-state index contributed by atoms with van der Waals surface area (Å²) in [5.74, 6) is -0.328. The number of carbonyl (C=O) groups is 1. The van der Waals surface area contributed by atoms with Gasteiger partial charge in [-0.15, -0.1) is 0 Å². The van der Waals surface area contributed by atoms with Crippen molar-refractivity contribution < 1.29 is 4.79 Å². The molecule has 27 heavy (non-hydrogen) atoms. The van der Waals surface area contributed by atoms with Crippen LogP contribution in [0.1, 0.15) is 23.9 Å². The molecule has 1 N–H and O–H groups in total. The molecule has 0 fully saturated rings. The zero-order valence-corrected chi connectivity index (χ0v) is 16.9. The van der Waals surface area contributed by atoms with Gasteiger partial charge in [0.15, 0.2) is 0 Å². The Morgan fingerprint density at radius 3 is 2.70 bits per heavy atom. The van der Waals surface area contributed by atoms with Crippen LogP contribution in [0.25, 0.3) is 0 Å². The zero-order chi connectivity index (χ0) is 19.6. The van der Waals surface area contributed by atoms with Crippen LogP contribution in [-0.2, 0) is 17.9 Å². The third kappa shape index (κ3) is 4.70.